The molecule has 3 heterocycles. The summed E-state index contributed by atoms with van der Waals surface area (Å²) in [6.07, 6.45) is 1.66. The summed E-state index contributed by atoms with van der Waals surface area (Å²) in [7, 11) is 0. The minimum Gasteiger partial charge on any atom is -0.332 e. The van der Waals surface area contributed by atoms with Crippen LogP contribution in [0.5, 0.6) is 0 Å². The van der Waals surface area contributed by atoms with Crippen molar-refractivity contribution in [2.24, 2.45) is 5.73 Å². The fourth-order valence-electron chi connectivity index (χ4n) is 1.61. The second-order valence-corrected chi connectivity index (χ2v) is 5.16. The van der Waals surface area contributed by atoms with Gasteiger partial charge in [0.15, 0.2) is 0 Å². The molecule has 1 atom stereocenters. The third kappa shape index (κ3) is 2.43. The molecule has 0 aliphatic carbocycles. The van der Waals surface area contributed by atoms with Crippen molar-refractivity contribution in [2.45, 2.75) is 19.9 Å². The van der Waals surface area contributed by atoms with Crippen LogP contribution in [0.25, 0.3) is 23.1 Å². The number of hydrogen-bond donors (Lipinski definition) is 1. The molecule has 0 radical (unpaired) electrons. The molecular weight excluding hydrogens is 276 g/mol. The second-order valence-electron chi connectivity index (χ2n) is 4.27. The molecule has 0 aromatic carbocycles. The van der Waals surface area contributed by atoms with Gasteiger partial charge in [-0.25, -0.2) is 15.0 Å². The Balaban J connectivity index is 1.93. The molecule has 3 aromatic heterocycles. The van der Waals surface area contributed by atoms with E-state index < -0.39 is 0 Å². The Bertz CT molecular complexity index is 735. The Morgan fingerprint density at radius 3 is 2.80 bits per heavy atom. The van der Waals surface area contributed by atoms with Gasteiger partial charge in [-0.05, 0) is 19.9 Å². The Morgan fingerprint density at radius 1 is 1.25 bits per heavy atom. The molecule has 0 fully saturated rings. The van der Waals surface area contributed by atoms with Crippen LogP contribution in [0.15, 0.2) is 22.2 Å². The van der Waals surface area contributed by atoms with Crippen LogP contribution in [0.4, 0.5) is 0 Å². The smallest absolute Gasteiger partial charge is 0.277 e. The van der Waals surface area contributed by atoms with E-state index in [-0.39, 0.29) is 6.04 Å². The normalized spacial score (nSPS) is 12.6. The lowest BCUT2D eigenvalue weighted by atomic mass is 10.4. The SMILES string of the molecule is Cc1nccc(-c2noc(-c3csc(C(C)N)n3)n2)n1. The van der Waals surface area contributed by atoms with Gasteiger partial charge < -0.3 is 10.3 Å². The number of nitrogens with zero attached hydrogens (tertiary/aromatic N) is 5. The topological polar surface area (TPSA) is 104 Å². The van der Waals surface area contributed by atoms with E-state index in [1.54, 1.807) is 19.2 Å². The summed E-state index contributed by atoms with van der Waals surface area (Å²) in [6.45, 7) is 3.69. The molecule has 0 aliphatic heterocycles. The molecule has 1 unspecified atom stereocenters. The van der Waals surface area contributed by atoms with Gasteiger partial charge in [0, 0.05) is 11.6 Å². The molecule has 20 heavy (non-hydrogen) atoms. The number of rotatable bonds is 3. The van der Waals surface area contributed by atoms with Gasteiger partial charge in [0.05, 0.1) is 6.04 Å². The fourth-order valence-corrected chi connectivity index (χ4v) is 2.36. The molecule has 7 nitrogen and oxygen atoms in total. The summed E-state index contributed by atoms with van der Waals surface area (Å²) in [4.78, 5) is 17.0. The average Bonchev–Trinajstić information content (AvgIpc) is 3.08. The Morgan fingerprint density at radius 2 is 2.10 bits per heavy atom. The highest BCUT2D eigenvalue weighted by Crippen LogP contribution is 2.24. The highest BCUT2D eigenvalue weighted by molar-refractivity contribution is 7.10. The highest BCUT2D eigenvalue weighted by atomic mass is 32.1. The molecule has 0 spiro atoms. The lowest BCUT2D eigenvalue weighted by Gasteiger charge is -1.95. The van der Waals surface area contributed by atoms with E-state index in [1.807, 2.05) is 12.3 Å². The van der Waals surface area contributed by atoms with E-state index in [1.165, 1.54) is 11.3 Å². The summed E-state index contributed by atoms with van der Waals surface area (Å²) >= 11 is 1.47. The van der Waals surface area contributed by atoms with Gasteiger partial charge in [-0.15, -0.1) is 11.3 Å². The van der Waals surface area contributed by atoms with Crippen molar-refractivity contribution >= 4 is 11.3 Å². The van der Waals surface area contributed by atoms with Crippen molar-refractivity contribution in [1.82, 2.24) is 25.1 Å². The largest absolute Gasteiger partial charge is 0.332 e. The van der Waals surface area contributed by atoms with Gasteiger partial charge in [-0.2, -0.15) is 4.98 Å². The molecule has 0 aliphatic rings. The number of nitrogens with two attached hydrogens (primary N) is 1. The summed E-state index contributed by atoms with van der Waals surface area (Å²) < 4.78 is 5.22. The van der Waals surface area contributed by atoms with E-state index in [9.17, 15) is 0 Å². The molecule has 0 saturated heterocycles. The van der Waals surface area contributed by atoms with Crippen LogP contribution in [-0.4, -0.2) is 25.1 Å². The molecular formula is C12H12N6OS. The summed E-state index contributed by atoms with van der Waals surface area (Å²) in [5.74, 6) is 1.43. The van der Waals surface area contributed by atoms with Crippen LogP contribution >= 0.6 is 11.3 Å². The maximum Gasteiger partial charge on any atom is 0.277 e. The average molecular weight is 288 g/mol. The molecule has 0 bridgehead atoms. The van der Waals surface area contributed by atoms with E-state index in [2.05, 4.69) is 25.1 Å². The maximum atomic E-state index is 5.78. The van der Waals surface area contributed by atoms with Gasteiger partial charge in [-0.3, -0.25) is 0 Å². The lowest BCUT2D eigenvalue weighted by molar-refractivity contribution is 0.431. The van der Waals surface area contributed by atoms with Gasteiger partial charge in [-0.1, -0.05) is 5.16 Å². The van der Waals surface area contributed by atoms with Crippen molar-refractivity contribution < 1.29 is 4.52 Å². The summed E-state index contributed by atoms with van der Waals surface area (Å²) in [5, 5.41) is 6.59. The predicted molar refractivity (Wildman–Crippen MR) is 73.8 cm³/mol. The predicted octanol–water partition coefficient (Wildman–Crippen LogP) is 1.98. The minimum absolute atomic E-state index is 0.111. The number of thiazole rings is 1. The number of hydrogen-bond acceptors (Lipinski definition) is 8. The van der Waals surface area contributed by atoms with E-state index in [0.29, 0.717) is 28.9 Å². The maximum absolute atomic E-state index is 5.78. The van der Waals surface area contributed by atoms with Crippen molar-refractivity contribution in [3.05, 3.63) is 28.5 Å². The van der Waals surface area contributed by atoms with Gasteiger partial charge in [0.25, 0.3) is 5.89 Å². The van der Waals surface area contributed by atoms with Crippen LogP contribution in [0, 0.1) is 6.92 Å². The van der Waals surface area contributed by atoms with Gasteiger partial charge in [0.2, 0.25) is 5.82 Å². The van der Waals surface area contributed by atoms with E-state index in [4.69, 9.17) is 10.3 Å². The second kappa shape index (κ2) is 5.06. The van der Waals surface area contributed by atoms with E-state index in [0.717, 1.165) is 5.01 Å². The first-order chi connectivity index (χ1) is 9.63. The molecule has 8 heteroatoms. The minimum atomic E-state index is -0.111. The van der Waals surface area contributed by atoms with Crippen LogP contribution in [0.3, 0.4) is 0 Å². The first-order valence-electron chi connectivity index (χ1n) is 5.98. The third-order valence-electron chi connectivity index (χ3n) is 2.56. The summed E-state index contributed by atoms with van der Waals surface area (Å²) in [5.41, 5.74) is 7.03. The van der Waals surface area contributed by atoms with Crippen LogP contribution in [-0.2, 0) is 0 Å². The van der Waals surface area contributed by atoms with Crippen LogP contribution in [0.1, 0.15) is 23.8 Å². The van der Waals surface area contributed by atoms with Crippen molar-refractivity contribution in [1.29, 1.82) is 0 Å². The van der Waals surface area contributed by atoms with Crippen LogP contribution < -0.4 is 5.73 Å². The van der Waals surface area contributed by atoms with Gasteiger partial charge >= 0.3 is 0 Å². The standard InChI is InChI=1S/C12H12N6OS/c1-6(13)12-16-9(5-20-12)11-17-10(18-19-11)8-3-4-14-7(2)15-8/h3-6H,13H2,1-2H3. The summed E-state index contributed by atoms with van der Waals surface area (Å²) in [6, 6.07) is 1.62. The fraction of sp³-hybridized carbons (Fsp3) is 0.250. The monoisotopic (exact) mass is 288 g/mol. The number of aromatic nitrogens is 5. The number of aryl methyl sites for hydroxylation is 1. The molecule has 2 N–H and O–H groups in total. The van der Waals surface area contributed by atoms with Crippen LogP contribution in [0.2, 0.25) is 0 Å². The Hall–Kier alpha value is -2.19. The first-order valence-corrected chi connectivity index (χ1v) is 6.86. The van der Waals surface area contributed by atoms with Gasteiger partial charge in [0.1, 0.15) is 22.2 Å². The molecule has 3 aromatic rings. The van der Waals surface area contributed by atoms with Crippen molar-refractivity contribution in [3.63, 3.8) is 0 Å². The lowest BCUT2D eigenvalue weighted by Crippen LogP contribution is -2.03. The highest BCUT2D eigenvalue weighted by Gasteiger charge is 2.15. The molecule has 102 valence electrons. The zero-order chi connectivity index (χ0) is 14.1. The zero-order valence-corrected chi connectivity index (χ0v) is 11.8. The Labute approximate surface area is 118 Å². The molecule has 0 amide bonds. The first kappa shape index (κ1) is 12.8. The van der Waals surface area contributed by atoms with Crippen molar-refractivity contribution in [3.8, 4) is 23.1 Å². The van der Waals surface area contributed by atoms with E-state index >= 15 is 0 Å². The Kier molecular flexibility index (Phi) is 3.25. The van der Waals surface area contributed by atoms with Crippen molar-refractivity contribution in [2.75, 3.05) is 0 Å². The quantitative estimate of drug-likeness (QED) is 0.785. The third-order valence-corrected chi connectivity index (χ3v) is 3.61. The zero-order valence-electron chi connectivity index (χ0n) is 10.9. The molecule has 3 rings (SSSR count). The molecule has 0 saturated carbocycles.